The number of hydrogen-bond acceptors (Lipinski definition) is 3. The van der Waals surface area contributed by atoms with Gasteiger partial charge in [0.15, 0.2) is 0 Å². The maximum absolute atomic E-state index is 11.6. The Morgan fingerprint density at radius 2 is 2.00 bits per heavy atom. The zero-order valence-corrected chi connectivity index (χ0v) is 11.5. The van der Waals surface area contributed by atoms with Gasteiger partial charge in [0.05, 0.1) is 0 Å². The predicted molar refractivity (Wildman–Crippen MR) is 69.9 cm³/mol. The van der Waals surface area contributed by atoms with Crippen LogP contribution in [0.15, 0.2) is 10.5 Å². The third kappa shape index (κ3) is 4.11. The molecule has 0 saturated heterocycles. The second-order valence-corrected chi connectivity index (χ2v) is 7.66. The van der Waals surface area contributed by atoms with Crippen LogP contribution in [0.2, 0.25) is 0 Å². The quantitative estimate of drug-likeness (QED) is 0.773. The van der Waals surface area contributed by atoms with Gasteiger partial charge in [-0.25, -0.2) is 0 Å². The molecule has 0 saturated carbocycles. The third-order valence-electron chi connectivity index (χ3n) is 2.06. The second kappa shape index (κ2) is 5.30. The zero-order valence-electron chi connectivity index (χ0n) is 9.85. The number of nitrogens with one attached hydrogen (secondary N) is 1. The van der Waals surface area contributed by atoms with Crippen molar-refractivity contribution in [3.8, 4) is 0 Å². The van der Waals surface area contributed by atoms with Gasteiger partial charge in [-0.2, -0.15) is 0 Å². The second-order valence-electron chi connectivity index (χ2n) is 4.61. The zero-order chi connectivity index (χ0) is 11.5. The fourth-order valence-corrected chi connectivity index (χ4v) is 3.85. The Balaban J connectivity index is 2.62. The lowest BCUT2D eigenvalue weighted by molar-refractivity contribution is -0.117. The molecule has 86 valence electrons. The number of allylic oxidation sites excluding steroid dienone is 1. The van der Waals surface area contributed by atoms with Crippen molar-refractivity contribution in [2.24, 2.45) is 0 Å². The normalized spacial score (nSPS) is 17.1. The molecule has 0 atom stereocenters. The van der Waals surface area contributed by atoms with Crippen LogP contribution < -0.4 is 5.32 Å². The van der Waals surface area contributed by atoms with Crippen molar-refractivity contribution in [1.82, 2.24) is 5.32 Å². The van der Waals surface area contributed by atoms with E-state index in [2.05, 4.69) is 26.1 Å². The molecule has 0 aliphatic heterocycles. The van der Waals surface area contributed by atoms with Gasteiger partial charge in [0.25, 0.3) is 0 Å². The lowest BCUT2D eigenvalue weighted by atomic mass is 10.2. The van der Waals surface area contributed by atoms with E-state index in [1.54, 1.807) is 17.8 Å². The van der Waals surface area contributed by atoms with Crippen molar-refractivity contribution >= 4 is 27.5 Å². The third-order valence-corrected chi connectivity index (χ3v) is 5.65. The van der Waals surface area contributed by atoms with Crippen LogP contribution in [0, 0.1) is 0 Å². The number of carbonyl (C=O) groups is 1. The molecule has 1 rings (SSSR count). The highest BCUT2D eigenvalue weighted by atomic mass is 33.1. The molecule has 0 aromatic rings. The summed E-state index contributed by atoms with van der Waals surface area (Å²) in [6.07, 6.45) is 3.12. The van der Waals surface area contributed by atoms with Crippen molar-refractivity contribution in [1.29, 1.82) is 0 Å². The first-order valence-corrected chi connectivity index (χ1v) is 7.39. The molecule has 0 bridgehead atoms. The van der Waals surface area contributed by atoms with Gasteiger partial charge >= 0.3 is 0 Å². The molecule has 1 amide bonds. The summed E-state index contributed by atoms with van der Waals surface area (Å²) in [7, 11) is 5.32. The largest absolute Gasteiger partial charge is 0.355 e. The van der Waals surface area contributed by atoms with Gasteiger partial charge in [0.1, 0.15) is 0 Å². The molecule has 1 N–H and O–H groups in total. The van der Waals surface area contributed by atoms with Crippen LogP contribution in [0.25, 0.3) is 0 Å². The summed E-state index contributed by atoms with van der Waals surface area (Å²) in [4.78, 5) is 12.8. The van der Waals surface area contributed by atoms with Gasteiger partial charge in [-0.1, -0.05) is 42.4 Å². The monoisotopic (exact) mass is 245 g/mol. The SMILES string of the molecule is CNC(=O)C1=C(SSC(C)(C)C)CCC1. The van der Waals surface area contributed by atoms with E-state index in [1.807, 2.05) is 10.8 Å². The Labute approximate surface area is 100 Å². The van der Waals surface area contributed by atoms with E-state index in [0.717, 1.165) is 24.8 Å². The predicted octanol–water partition coefficient (Wildman–Crippen LogP) is 3.35. The van der Waals surface area contributed by atoms with E-state index in [-0.39, 0.29) is 10.7 Å². The molecule has 0 heterocycles. The molecule has 0 aromatic heterocycles. The summed E-state index contributed by atoms with van der Waals surface area (Å²) < 4.78 is 0.244. The molecule has 0 aromatic carbocycles. The molecule has 4 heteroatoms. The Morgan fingerprint density at radius 1 is 1.33 bits per heavy atom. The van der Waals surface area contributed by atoms with Crippen LogP contribution in [0.4, 0.5) is 0 Å². The van der Waals surface area contributed by atoms with Gasteiger partial charge < -0.3 is 5.32 Å². The summed E-state index contributed by atoms with van der Waals surface area (Å²) in [5.74, 6) is 0.101. The average molecular weight is 245 g/mol. The molecule has 0 spiro atoms. The Bertz CT molecular complexity index is 279. The molecular formula is C11H19NOS2. The Hall–Kier alpha value is -0.0900. The summed E-state index contributed by atoms with van der Waals surface area (Å²) >= 11 is 0. The van der Waals surface area contributed by atoms with Gasteiger partial charge in [-0.3, -0.25) is 4.79 Å². The number of hydrogen-bond donors (Lipinski definition) is 1. The van der Waals surface area contributed by atoms with Crippen molar-refractivity contribution in [2.45, 2.75) is 44.8 Å². The summed E-state index contributed by atoms with van der Waals surface area (Å²) in [6, 6.07) is 0. The molecule has 0 fully saturated rings. The van der Waals surface area contributed by atoms with Gasteiger partial charge in [-0.05, 0) is 19.3 Å². The molecule has 2 nitrogen and oxygen atoms in total. The van der Waals surface area contributed by atoms with E-state index >= 15 is 0 Å². The van der Waals surface area contributed by atoms with Crippen LogP contribution in [-0.2, 0) is 4.79 Å². The van der Waals surface area contributed by atoms with E-state index in [9.17, 15) is 4.79 Å². The highest BCUT2D eigenvalue weighted by molar-refractivity contribution is 8.78. The minimum atomic E-state index is 0.101. The summed E-state index contributed by atoms with van der Waals surface area (Å²) in [6.45, 7) is 6.58. The highest BCUT2D eigenvalue weighted by Crippen LogP contribution is 2.45. The van der Waals surface area contributed by atoms with Crippen molar-refractivity contribution in [3.63, 3.8) is 0 Å². The van der Waals surface area contributed by atoms with Crippen LogP contribution in [0.1, 0.15) is 40.0 Å². The molecule has 1 aliphatic rings. The van der Waals surface area contributed by atoms with Crippen molar-refractivity contribution in [3.05, 3.63) is 10.5 Å². The first-order valence-electron chi connectivity index (χ1n) is 5.24. The molecule has 1 aliphatic carbocycles. The maximum Gasteiger partial charge on any atom is 0.247 e. The molecule has 15 heavy (non-hydrogen) atoms. The molecule has 0 radical (unpaired) electrons. The first kappa shape index (κ1) is 13.0. The van der Waals surface area contributed by atoms with Gasteiger partial charge in [-0.15, -0.1) is 0 Å². The lowest BCUT2D eigenvalue weighted by Gasteiger charge is -2.17. The Kier molecular flexibility index (Phi) is 4.59. The van der Waals surface area contributed by atoms with Gasteiger partial charge in [0.2, 0.25) is 5.91 Å². The minimum Gasteiger partial charge on any atom is -0.355 e. The number of rotatable bonds is 3. The van der Waals surface area contributed by atoms with Crippen LogP contribution in [0.5, 0.6) is 0 Å². The fraction of sp³-hybridized carbons (Fsp3) is 0.727. The van der Waals surface area contributed by atoms with Crippen LogP contribution in [0.3, 0.4) is 0 Å². The fourth-order valence-electron chi connectivity index (χ4n) is 1.37. The first-order chi connectivity index (χ1) is 6.94. The topological polar surface area (TPSA) is 29.1 Å². The standard InChI is InChI=1S/C11H19NOS2/c1-11(2,3)15-14-9-7-5-6-8(9)10(13)12-4/h5-7H2,1-4H3,(H,12,13). The van der Waals surface area contributed by atoms with Crippen LogP contribution >= 0.6 is 21.6 Å². The lowest BCUT2D eigenvalue weighted by Crippen LogP contribution is -2.19. The van der Waals surface area contributed by atoms with E-state index < -0.39 is 0 Å². The highest BCUT2D eigenvalue weighted by Gasteiger charge is 2.22. The number of amides is 1. The molecule has 0 unspecified atom stereocenters. The summed E-state index contributed by atoms with van der Waals surface area (Å²) in [5, 5.41) is 2.71. The average Bonchev–Trinajstić information content (AvgIpc) is 2.60. The molecular weight excluding hydrogens is 226 g/mol. The van der Waals surface area contributed by atoms with Crippen LogP contribution in [-0.4, -0.2) is 17.7 Å². The van der Waals surface area contributed by atoms with E-state index in [0.29, 0.717) is 0 Å². The number of carbonyl (C=O) groups excluding carboxylic acids is 1. The van der Waals surface area contributed by atoms with Crippen molar-refractivity contribution in [2.75, 3.05) is 7.05 Å². The maximum atomic E-state index is 11.6. The van der Waals surface area contributed by atoms with E-state index in [1.165, 1.54) is 4.91 Å². The number of likely N-dealkylation sites (N-methyl/N-ethyl adjacent to an activating group) is 1. The van der Waals surface area contributed by atoms with Gasteiger partial charge in [0, 0.05) is 22.3 Å². The Morgan fingerprint density at radius 3 is 2.53 bits per heavy atom. The summed E-state index contributed by atoms with van der Waals surface area (Å²) in [5.41, 5.74) is 0.999. The van der Waals surface area contributed by atoms with Crippen molar-refractivity contribution < 1.29 is 4.79 Å². The minimum absolute atomic E-state index is 0.101. The smallest absolute Gasteiger partial charge is 0.247 e. The van der Waals surface area contributed by atoms with E-state index in [4.69, 9.17) is 0 Å².